The summed E-state index contributed by atoms with van der Waals surface area (Å²) in [6, 6.07) is 12.3. The average Bonchev–Trinajstić information content (AvgIpc) is 3.34. The molecular formula is C19H25N7. The van der Waals surface area contributed by atoms with Gasteiger partial charge in [-0.15, -0.1) is 0 Å². The second-order valence-corrected chi connectivity index (χ2v) is 6.01. The molecule has 0 aliphatic heterocycles. The molecule has 0 saturated carbocycles. The van der Waals surface area contributed by atoms with Gasteiger partial charge in [-0.1, -0.05) is 30.3 Å². The molecular weight excluding hydrogens is 326 g/mol. The van der Waals surface area contributed by atoms with E-state index in [1.54, 1.807) is 13.2 Å². The minimum absolute atomic E-state index is 0.688. The van der Waals surface area contributed by atoms with Crippen LogP contribution >= 0.6 is 0 Å². The third-order valence-corrected chi connectivity index (χ3v) is 3.97. The first-order chi connectivity index (χ1) is 12.8. The Balaban J connectivity index is 1.39. The van der Waals surface area contributed by atoms with Crippen LogP contribution in [0.4, 0.5) is 0 Å². The van der Waals surface area contributed by atoms with Gasteiger partial charge in [0.1, 0.15) is 0 Å². The van der Waals surface area contributed by atoms with E-state index in [0.717, 1.165) is 37.6 Å². The van der Waals surface area contributed by atoms with Crippen molar-refractivity contribution in [3.63, 3.8) is 0 Å². The summed E-state index contributed by atoms with van der Waals surface area (Å²) in [5.41, 5.74) is 2.37. The molecule has 2 N–H and O–H groups in total. The molecule has 0 amide bonds. The number of nitrogens with one attached hydrogen (secondary N) is 2. The molecule has 7 nitrogen and oxygen atoms in total. The van der Waals surface area contributed by atoms with Crippen molar-refractivity contribution in [1.82, 2.24) is 30.2 Å². The highest BCUT2D eigenvalue weighted by atomic mass is 15.3. The van der Waals surface area contributed by atoms with Gasteiger partial charge in [0.25, 0.3) is 0 Å². The minimum atomic E-state index is 0.688. The molecule has 0 spiro atoms. The van der Waals surface area contributed by atoms with Gasteiger partial charge in [-0.3, -0.25) is 14.4 Å². The number of aliphatic imine (C=N–C) groups is 1. The van der Waals surface area contributed by atoms with Crippen LogP contribution in [0.15, 0.2) is 66.2 Å². The Kier molecular flexibility index (Phi) is 6.41. The largest absolute Gasteiger partial charge is 0.356 e. The number of aryl methyl sites for hydroxylation is 1. The van der Waals surface area contributed by atoms with Crippen molar-refractivity contribution in [1.29, 1.82) is 0 Å². The highest BCUT2D eigenvalue weighted by molar-refractivity contribution is 5.79. The summed E-state index contributed by atoms with van der Waals surface area (Å²) in [7, 11) is 1.78. The fourth-order valence-electron chi connectivity index (χ4n) is 2.64. The third kappa shape index (κ3) is 5.47. The highest BCUT2D eigenvalue weighted by Gasteiger charge is 2.02. The standard InChI is InChI=1S/C19H25N7/c1-20-19(21-9-5-11-25-12-6-10-23-25)22-13-18-14-24-26(16-18)15-17-7-3-2-4-8-17/h2-4,6-8,10,12,14,16H,5,9,11,13,15H2,1H3,(H2,20,21,22). The Hall–Kier alpha value is -3.09. The molecule has 0 aliphatic carbocycles. The van der Waals surface area contributed by atoms with Gasteiger partial charge in [0.05, 0.1) is 12.7 Å². The molecule has 7 heteroatoms. The van der Waals surface area contributed by atoms with E-state index in [1.807, 2.05) is 46.0 Å². The first-order valence-electron chi connectivity index (χ1n) is 8.80. The summed E-state index contributed by atoms with van der Waals surface area (Å²) in [4.78, 5) is 4.26. The van der Waals surface area contributed by atoms with E-state index in [1.165, 1.54) is 5.56 Å². The van der Waals surface area contributed by atoms with Crippen molar-refractivity contribution in [2.45, 2.75) is 26.1 Å². The molecule has 26 heavy (non-hydrogen) atoms. The molecule has 0 bridgehead atoms. The van der Waals surface area contributed by atoms with Crippen molar-refractivity contribution >= 4 is 5.96 Å². The van der Waals surface area contributed by atoms with Crippen LogP contribution in [0.5, 0.6) is 0 Å². The lowest BCUT2D eigenvalue weighted by molar-refractivity contribution is 0.570. The van der Waals surface area contributed by atoms with Gasteiger partial charge in [0, 0.05) is 50.8 Å². The maximum atomic E-state index is 4.43. The Morgan fingerprint density at radius 3 is 2.69 bits per heavy atom. The predicted molar refractivity (Wildman–Crippen MR) is 103 cm³/mol. The van der Waals surface area contributed by atoms with E-state index in [-0.39, 0.29) is 0 Å². The summed E-state index contributed by atoms with van der Waals surface area (Å²) in [6.07, 6.45) is 8.70. The molecule has 2 heterocycles. The van der Waals surface area contributed by atoms with E-state index < -0.39 is 0 Å². The van der Waals surface area contributed by atoms with Gasteiger partial charge >= 0.3 is 0 Å². The molecule has 0 unspecified atom stereocenters. The summed E-state index contributed by atoms with van der Waals surface area (Å²) in [5.74, 6) is 0.793. The van der Waals surface area contributed by atoms with E-state index in [4.69, 9.17) is 0 Å². The molecule has 0 aliphatic rings. The van der Waals surface area contributed by atoms with Crippen LogP contribution in [-0.4, -0.2) is 39.1 Å². The highest BCUT2D eigenvalue weighted by Crippen LogP contribution is 2.03. The van der Waals surface area contributed by atoms with Gasteiger partial charge in [0.15, 0.2) is 5.96 Å². The number of benzene rings is 1. The van der Waals surface area contributed by atoms with Crippen LogP contribution in [0.2, 0.25) is 0 Å². The number of rotatable bonds is 8. The topological polar surface area (TPSA) is 72.1 Å². The van der Waals surface area contributed by atoms with Crippen LogP contribution in [0.3, 0.4) is 0 Å². The van der Waals surface area contributed by atoms with Crippen molar-refractivity contribution in [2.24, 2.45) is 4.99 Å². The zero-order valence-corrected chi connectivity index (χ0v) is 15.0. The fraction of sp³-hybridized carbons (Fsp3) is 0.316. The van der Waals surface area contributed by atoms with Crippen molar-refractivity contribution in [3.8, 4) is 0 Å². The Bertz CT molecular complexity index is 790. The molecule has 0 saturated heterocycles. The Morgan fingerprint density at radius 1 is 1.04 bits per heavy atom. The van der Waals surface area contributed by atoms with Crippen LogP contribution in [0, 0.1) is 0 Å². The normalized spacial score (nSPS) is 11.5. The lowest BCUT2D eigenvalue weighted by Crippen LogP contribution is -2.37. The number of hydrogen-bond donors (Lipinski definition) is 2. The number of guanidine groups is 1. The van der Waals surface area contributed by atoms with Crippen LogP contribution in [0.1, 0.15) is 17.5 Å². The molecule has 3 rings (SSSR count). The summed E-state index contributed by atoms with van der Waals surface area (Å²) >= 11 is 0. The van der Waals surface area contributed by atoms with E-state index in [2.05, 4.69) is 44.2 Å². The fourth-order valence-corrected chi connectivity index (χ4v) is 2.64. The number of hydrogen-bond acceptors (Lipinski definition) is 3. The lowest BCUT2D eigenvalue weighted by atomic mass is 10.2. The molecule has 0 atom stereocenters. The zero-order chi connectivity index (χ0) is 18.0. The van der Waals surface area contributed by atoms with Crippen LogP contribution in [0.25, 0.3) is 0 Å². The lowest BCUT2D eigenvalue weighted by Gasteiger charge is -2.11. The SMILES string of the molecule is CN=C(NCCCn1cccn1)NCc1cnn(Cc2ccccc2)c1. The van der Waals surface area contributed by atoms with Crippen LogP contribution in [-0.2, 0) is 19.6 Å². The maximum Gasteiger partial charge on any atom is 0.191 e. The second kappa shape index (κ2) is 9.41. The molecule has 2 aromatic heterocycles. The third-order valence-electron chi connectivity index (χ3n) is 3.97. The first-order valence-corrected chi connectivity index (χ1v) is 8.80. The van der Waals surface area contributed by atoms with E-state index in [0.29, 0.717) is 6.54 Å². The maximum absolute atomic E-state index is 4.43. The summed E-state index contributed by atoms with van der Waals surface area (Å²) < 4.78 is 3.88. The summed E-state index contributed by atoms with van der Waals surface area (Å²) in [6.45, 7) is 3.20. The second-order valence-electron chi connectivity index (χ2n) is 6.01. The molecule has 1 aromatic carbocycles. The van der Waals surface area contributed by atoms with Gasteiger partial charge in [0.2, 0.25) is 0 Å². The minimum Gasteiger partial charge on any atom is -0.356 e. The van der Waals surface area contributed by atoms with E-state index in [9.17, 15) is 0 Å². The van der Waals surface area contributed by atoms with Crippen LogP contribution < -0.4 is 10.6 Å². The van der Waals surface area contributed by atoms with Crippen molar-refractivity contribution in [2.75, 3.05) is 13.6 Å². The van der Waals surface area contributed by atoms with Gasteiger partial charge < -0.3 is 10.6 Å². The molecule has 0 radical (unpaired) electrons. The van der Waals surface area contributed by atoms with Gasteiger partial charge in [-0.2, -0.15) is 10.2 Å². The smallest absolute Gasteiger partial charge is 0.191 e. The number of aromatic nitrogens is 4. The van der Waals surface area contributed by atoms with Crippen molar-refractivity contribution in [3.05, 3.63) is 72.3 Å². The predicted octanol–water partition coefficient (Wildman–Crippen LogP) is 1.88. The number of nitrogens with zero attached hydrogens (tertiary/aromatic N) is 5. The molecule has 0 fully saturated rings. The Labute approximate surface area is 153 Å². The van der Waals surface area contributed by atoms with Gasteiger partial charge in [-0.05, 0) is 18.1 Å². The summed E-state index contributed by atoms with van der Waals surface area (Å²) in [5, 5.41) is 15.3. The monoisotopic (exact) mass is 351 g/mol. The zero-order valence-electron chi connectivity index (χ0n) is 15.0. The molecule has 136 valence electrons. The quantitative estimate of drug-likeness (QED) is 0.369. The van der Waals surface area contributed by atoms with E-state index >= 15 is 0 Å². The molecule has 3 aromatic rings. The average molecular weight is 351 g/mol. The Morgan fingerprint density at radius 2 is 1.92 bits per heavy atom. The first kappa shape index (κ1) is 17.7. The van der Waals surface area contributed by atoms with Crippen molar-refractivity contribution < 1.29 is 0 Å². The van der Waals surface area contributed by atoms with Gasteiger partial charge in [-0.25, -0.2) is 0 Å².